The van der Waals surface area contributed by atoms with Gasteiger partial charge in [0.05, 0.1) is 0 Å². The Balaban J connectivity index is 2.12. The Hall–Kier alpha value is 0.177. The molecular formula is C17H34OSi. The maximum absolute atomic E-state index is 6.46. The van der Waals surface area contributed by atoms with E-state index in [1.807, 2.05) is 0 Å². The molecule has 0 aromatic carbocycles. The summed E-state index contributed by atoms with van der Waals surface area (Å²) in [6.07, 6.45) is 17.5. The van der Waals surface area contributed by atoms with Gasteiger partial charge in [-0.05, 0) is 17.1 Å². The van der Waals surface area contributed by atoms with Gasteiger partial charge in [0.2, 0.25) is 0 Å². The minimum atomic E-state index is -1.49. The lowest BCUT2D eigenvalue weighted by Crippen LogP contribution is -2.48. The molecule has 0 spiro atoms. The molecule has 2 aliphatic carbocycles. The Kier molecular flexibility index (Phi) is 6.41. The van der Waals surface area contributed by atoms with E-state index in [-0.39, 0.29) is 0 Å². The third-order valence-corrected chi connectivity index (χ3v) is 11.7. The predicted octanol–water partition coefficient (Wildman–Crippen LogP) is 6.05. The van der Waals surface area contributed by atoms with Crippen LogP contribution in [0.4, 0.5) is 0 Å². The third kappa shape index (κ3) is 3.63. The fourth-order valence-corrected chi connectivity index (χ4v) is 10.8. The largest absolute Gasteiger partial charge is 0.419 e. The third-order valence-electron chi connectivity index (χ3n) is 5.89. The van der Waals surface area contributed by atoms with E-state index in [1.54, 1.807) is 0 Å². The summed E-state index contributed by atoms with van der Waals surface area (Å²) in [6, 6.07) is 1.45. The summed E-state index contributed by atoms with van der Waals surface area (Å²) < 4.78 is 6.46. The summed E-state index contributed by atoms with van der Waals surface area (Å²) in [5, 5.41) is 0. The maximum atomic E-state index is 6.46. The molecule has 2 heteroatoms. The quantitative estimate of drug-likeness (QED) is 0.539. The van der Waals surface area contributed by atoms with Gasteiger partial charge in [0.25, 0.3) is 0 Å². The molecule has 0 aliphatic heterocycles. The van der Waals surface area contributed by atoms with Crippen molar-refractivity contribution in [3.63, 3.8) is 0 Å². The van der Waals surface area contributed by atoms with Crippen molar-refractivity contribution in [3.05, 3.63) is 0 Å². The summed E-state index contributed by atoms with van der Waals surface area (Å²) in [7, 11) is 0.586. The lowest BCUT2D eigenvalue weighted by Gasteiger charge is -2.46. The van der Waals surface area contributed by atoms with Crippen LogP contribution in [0.2, 0.25) is 17.1 Å². The highest BCUT2D eigenvalue weighted by molar-refractivity contribution is 6.76. The lowest BCUT2D eigenvalue weighted by molar-refractivity contribution is 0.315. The highest BCUT2D eigenvalue weighted by Gasteiger charge is 2.48. The second-order valence-electron chi connectivity index (χ2n) is 6.93. The predicted molar refractivity (Wildman–Crippen MR) is 86.1 cm³/mol. The van der Waals surface area contributed by atoms with E-state index in [0.29, 0.717) is 0 Å². The van der Waals surface area contributed by atoms with E-state index in [4.69, 9.17) is 4.43 Å². The number of rotatable bonds is 6. The molecule has 0 atom stereocenters. The Morgan fingerprint density at radius 3 is 1.68 bits per heavy atom. The molecule has 0 radical (unpaired) electrons. The Labute approximate surface area is 121 Å². The highest BCUT2D eigenvalue weighted by Crippen LogP contribution is 2.50. The molecular weight excluding hydrogens is 248 g/mol. The number of unbranched alkanes of at least 4 members (excludes halogenated alkanes) is 1. The molecule has 0 heterocycles. The van der Waals surface area contributed by atoms with Gasteiger partial charge in [0.1, 0.15) is 0 Å². The Morgan fingerprint density at radius 2 is 1.32 bits per heavy atom. The van der Waals surface area contributed by atoms with Crippen molar-refractivity contribution in [1.29, 1.82) is 0 Å². The molecule has 0 aromatic heterocycles. The Bertz CT molecular complexity index is 224. The van der Waals surface area contributed by atoms with Crippen LogP contribution in [0, 0.1) is 0 Å². The van der Waals surface area contributed by atoms with Crippen molar-refractivity contribution >= 4 is 8.32 Å². The van der Waals surface area contributed by atoms with Gasteiger partial charge in [0.15, 0.2) is 8.32 Å². The second-order valence-corrected chi connectivity index (χ2v) is 11.4. The van der Waals surface area contributed by atoms with Gasteiger partial charge in [-0.15, -0.1) is 0 Å². The topological polar surface area (TPSA) is 9.23 Å². The van der Waals surface area contributed by atoms with Gasteiger partial charge < -0.3 is 4.43 Å². The van der Waals surface area contributed by atoms with Gasteiger partial charge in [-0.1, -0.05) is 84.0 Å². The molecule has 2 aliphatic rings. The molecule has 0 aromatic rings. The van der Waals surface area contributed by atoms with Crippen LogP contribution in [0.5, 0.6) is 0 Å². The smallest absolute Gasteiger partial charge is 0.198 e. The summed E-state index contributed by atoms with van der Waals surface area (Å²) in [5.74, 6) is 0. The second kappa shape index (κ2) is 7.83. The van der Waals surface area contributed by atoms with Crippen LogP contribution in [0.1, 0.15) is 84.0 Å². The van der Waals surface area contributed by atoms with Gasteiger partial charge >= 0.3 is 0 Å². The standard InChI is InChI=1S/C17H34OSi/c1-3-4-15-19(18-2,16-11-7-5-8-12-16)17-13-9-6-10-14-17/h16-17H,3-15H2,1-2H3. The molecule has 0 N–H and O–H groups in total. The van der Waals surface area contributed by atoms with E-state index < -0.39 is 8.32 Å². The van der Waals surface area contributed by atoms with Gasteiger partial charge in [-0.2, -0.15) is 0 Å². The molecule has 0 saturated heterocycles. The number of hydrogen-bond acceptors (Lipinski definition) is 1. The molecule has 2 saturated carbocycles. The van der Waals surface area contributed by atoms with E-state index in [0.717, 1.165) is 11.1 Å². The fraction of sp³-hybridized carbons (Fsp3) is 1.00. The van der Waals surface area contributed by atoms with Gasteiger partial charge in [0, 0.05) is 7.11 Å². The van der Waals surface area contributed by atoms with Crippen molar-refractivity contribution < 1.29 is 4.43 Å². The van der Waals surface area contributed by atoms with Crippen LogP contribution in [-0.4, -0.2) is 15.4 Å². The first-order chi connectivity index (χ1) is 9.33. The monoisotopic (exact) mass is 282 g/mol. The zero-order valence-electron chi connectivity index (χ0n) is 13.3. The molecule has 0 amide bonds. The summed E-state index contributed by atoms with van der Waals surface area (Å²) in [4.78, 5) is 0. The van der Waals surface area contributed by atoms with E-state index in [2.05, 4.69) is 14.0 Å². The van der Waals surface area contributed by atoms with Crippen LogP contribution in [0.25, 0.3) is 0 Å². The average Bonchev–Trinajstić information content (AvgIpc) is 2.51. The first kappa shape index (κ1) is 15.6. The van der Waals surface area contributed by atoms with Crippen molar-refractivity contribution in [2.24, 2.45) is 0 Å². The van der Waals surface area contributed by atoms with Crippen molar-refractivity contribution in [2.75, 3.05) is 7.11 Å². The Morgan fingerprint density at radius 1 is 0.842 bits per heavy atom. The summed E-state index contributed by atoms with van der Waals surface area (Å²) in [5.41, 5.74) is 1.97. The van der Waals surface area contributed by atoms with Crippen molar-refractivity contribution in [2.45, 2.75) is 101 Å². The van der Waals surface area contributed by atoms with Crippen LogP contribution < -0.4 is 0 Å². The highest BCUT2D eigenvalue weighted by atomic mass is 28.4. The van der Waals surface area contributed by atoms with Crippen LogP contribution in [0.15, 0.2) is 0 Å². The van der Waals surface area contributed by atoms with Gasteiger partial charge in [-0.3, -0.25) is 0 Å². The zero-order chi connectivity index (χ0) is 13.6. The normalized spacial score (nSPS) is 23.7. The fourth-order valence-electron chi connectivity index (χ4n) is 4.81. The molecule has 112 valence electrons. The van der Waals surface area contributed by atoms with Crippen LogP contribution in [0.3, 0.4) is 0 Å². The first-order valence-corrected chi connectivity index (χ1v) is 11.2. The average molecular weight is 283 g/mol. The van der Waals surface area contributed by atoms with Gasteiger partial charge in [-0.25, -0.2) is 0 Å². The van der Waals surface area contributed by atoms with E-state index in [1.165, 1.54) is 83.1 Å². The SMILES string of the molecule is CCCC[Si](OC)(C1CCCCC1)C1CCCCC1. The zero-order valence-corrected chi connectivity index (χ0v) is 14.3. The van der Waals surface area contributed by atoms with Crippen LogP contribution >= 0.6 is 0 Å². The summed E-state index contributed by atoms with van der Waals surface area (Å²) >= 11 is 0. The lowest BCUT2D eigenvalue weighted by atomic mass is 9.99. The van der Waals surface area contributed by atoms with Crippen LogP contribution in [-0.2, 0) is 4.43 Å². The van der Waals surface area contributed by atoms with E-state index in [9.17, 15) is 0 Å². The maximum Gasteiger partial charge on any atom is 0.198 e. The van der Waals surface area contributed by atoms with Crippen molar-refractivity contribution in [3.8, 4) is 0 Å². The molecule has 0 unspecified atom stereocenters. The molecule has 19 heavy (non-hydrogen) atoms. The van der Waals surface area contributed by atoms with Crippen molar-refractivity contribution in [1.82, 2.24) is 0 Å². The molecule has 0 bridgehead atoms. The minimum absolute atomic E-state index is 0.987. The van der Waals surface area contributed by atoms with E-state index >= 15 is 0 Å². The molecule has 2 fully saturated rings. The summed E-state index contributed by atoms with van der Waals surface area (Å²) in [6.45, 7) is 2.34. The molecule has 1 nitrogen and oxygen atoms in total. The molecule has 2 rings (SSSR count). The number of hydrogen-bond donors (Lipinski definition) is 0. The minimum Gasteiger partial charge on any atom is -0.419 e. The first-order valence-electron chi connectivity index (χ1n) is 8.88.